The van der Waals surface area contributed by atoms with E-state index in [1.807, 2.05) is 0 Å². The Morgan fingerprint density at radius 3 is 0.735 bits per heavy atom. The fourth-order valence-electron chi connectivity index (χ4n) is 11.3. The maximum absolute atomic E-state index is 12.9. The molecule has 0 N–H and O–H groups in total. The van der Waals surface area contributed by atoms with Gasteiger partial charge < -0.3 is 14.2 Å². The molecule has 6 heteroatoms. The molecule has 1 unspecified atom stereocenters. The smallest absolute Gasteiger partial charge is 0.306 e. The normalized spacial score (nSPS) is 12.3. The van der Waals surface area contributed by atoms with E-state index in [2.05, 4.69) is 69.4 Å². The fraction of sp³-hybridized carbons (Fsp3) is 0.857. The second-order valence-corrected chi connectivity index (χ2v) is 25.2. The lowest BCUT2D eigenvalue weighted by Gasteiger charge is -2.18. The summed E-state index contributed by atoms with van der Waals surface area (Å²) in [4.78, 5) is 38.1. The van der Waals surface area contributed by atoms with Crippen LogP contribution >= 0.6 is 0 Å². The van der Waals surface area contributed by atoms with E-state index in [1.54, 1.807) is 0 Å². The van der Waals surface area contributed by atoms with E-state index in [4.69, 9.17) is 14.2 Å². The molecule has 1 atom stereocenters. The van der Waals surface area contributed by atoms with Crippen LogP contribution in [0.3, 0.4) is 0 Å². The number of hydrogen-bond donors (Lipinski definition) is 0. The molecule has 0 amide bonds. The Hall–Kier alpha value is -2.63. The summed E-state index contributed by atoms with van der Waals surface area (Å²) in [5.41, 5.74) is 0. The van der Waals surface area contributed by atoms with Gasteiger partial charge in [0.1, 0.15) is 13.2 Å². The zero-order chi connectivity index (χ0) is 59.9. The van der Waals surface area contributed by atoms with Crippen LogP contribution in [0.1, 0.15) is 406 Å². The van der Waals surface area contributed by atoms with Crippen LogP contribution in [-0.4, -0.2) is 37.2 Å². The number of carbonyl (C=O) groups excluding carboxylic acids is 3. The third-order valence-electron chi connectivity index (χ3n) is 16.8. The van der Waals surface area contributed by atoms with Crippen molar-refractivity contribution in [3.8, 4) is 0 Å². The van der Waals surface area contributed by atoms with Gasteiger partial charge in [-0.25, -0.2) is 0 Å². The summed E-state index contributed by atoms with van der Waals surface area (Å²) in [6.45, 7) is 6.52. The molecule has 486 valence electrons. The molecule has 0 rings (SSSR count). The van der Waals surface area contributed by atoms with Crippen molar-refractivity contribution < 1.29 is 28.6 Å². The van der Waals surface area contributed by atoms with Crippen molar-refractivity contribution >= 4 is 17.9 Å². The molecule has 0 heterocycles. The monoisotopic (exact) mass is 1160 g/mol. The Balaban J connectivity index is 3.89. The third-order valence-corrected chi connectivity index (χ3v) is 16.8. The number of unbranched alkanes of at least 4 members (excludes halogenated alkanes) is 50. The minimum Gasteiger partial charge on any atom is -0.462 e. The van der Waals surface area contributed by atoms with E-state index >= 15 is 0 Å². The van der Waals surface area contributed by atoms with Crippen LogP contribution in [0.5, 0.6) is 0 Å². The standard InChI is InChI=1S/C77H142O6/c1-4-7-10-13-15-17-19-21-23-25-27-29-31-33-35-37-38-40-41-43-45-47-49-51-53-55-57-59-61-64-67-70-76(79)82-73-74(72-81-75(78)69-66-63-12-9-6-3)83-77(80)71-68-65-62-60-58-56-54-52-50-48-46-44-42-39-36-34-32-30-28-26-24-22-20-18-16-14-11-8-5-2/h8,11,16,18,22,24,28,30,74H,4-7,9-10,12-15,17,19-21,23,25-27,29,31-73H2,1-3H3/b11-8-,18-16-,24-22-,30-28-. The molecule has 0 saturated heterocycles. The first-order valence-electron chi connectivity index (χ1n) is 37.1. The van der Waals surface area contributed by atoms with E-state index in [1.165, 1.54) is 276 Å². The van der Waals surface area contributed by atoms with Crippen LogP contribution in [-0.2, 0) is 28.6 Å². The highest BCUT2D eigenvalue weighted by Gasteiger charge is 2.19. The maximum Gasteiger partial charge on any atom is 0.306 e. The number of rotatable bonds is 69. The van der Waals surface area contributed by atoms with Gasteiger partial charge in [-0.1, -0.05) is 378 Å². The van der Waals surface area contributed by atoms with Gasteiger partial charge in [-0.15, -0.1) is 0 Å². The van der Waals surface area contributed by atoms with Crippen molar-refractivity contribution in [3.63, 3.8) is 0 Å². The van der Waals surface area contributed by atoms with E-state index in [-0.39, 0.29) is 31.1 Å². The maximum atomic E-state index is 12.9. The molecule has 0 spiro atoms. The molecular weight excluding hydrogens is 1020 g/mol. The first-order valence-corrected chi connectivity index (χ1v) is 37.1. The number of allylic oxidation sites excluding steroid dienone is 8. The van der Waals surface area contributed by atoms with Crippen molar-refractivity contribution in [1.29, 1.82) is 0 Å². The average Bonchev–Trinajstić information content (AvgIpc) is 3.48. The predicted molar refractivity (Wildman–Crippen MR) is 362 cm³/mol. The van der Waals surface area contributed by atoms with Crippen molar-refractivity contribution in [2.75, 3.05) is 13.2 Å². The Kier molecular flexibility index (Phi) is 69.6. The minimum absolute atomic E-state index is 0.0673. The quantitative estimate of drug-likeness (QED) is 0.0261. The van der Waals surface area contributed by atoms with Crippen LogP contribution in [0, 0.1) is 0 Å². The van der Waals surface area contributed by atoms with Gasteiger partial charge in [0.2, 0.25) is 0 Å². The van der Waals surface area contributed by atoms with Gasteiger partial charge in [0.15, 0.2) is 6.10 Å². The third kappa shape index (κ3) is 70.0. The first-order chi connectivity index (χ1) is 41.0. The topological polar surface area (TPSA) is 78.9 Å². The van der Waals surface area contributed by atoms with Gasteiger partial charge in [-0.05, 0) is 57.8 Å². The predicted octanol–water partition coefficient (Wildman–Crippen LogP) is 25.7. The first kappa shape index (κ1) is 80.4. The van der Waals surface area contributed by atoms with Gasteiger partial charge >= 0.3 is 17.9 Å². The molecule has 6 nitrogen and oxygen atoms in total. The summed E-state index contributed by atoms with van der Waals surface area (Å²) in [5, 5.41) is 0. The average molecular weight is 1160 g/mol. The van der Waals surface area contributed by atoms with Crippen LogP contribution < -0.4 is 0 Å². The lowest BCUT2D eigenvalue weighted by atomic mass is 10.0. The molecule has 0 aromatic carbocycles. The van der Waals surface area contributed by atoms with E-state index < -0.39 is 6.10 Å². The van der Waals surface area contributed by atoms with Crippen LogP contribution in [0.15, 0.2) is 48.6 Å². The lowest BCUT2D eigenvalue weighted by molar-refractivity contribution is -0.167. The SMILES string of the molecule is CC/C=C\C/C=C\C/C=C\C/C=C\CCCCCCCCCCCCCCCCCCC(=O)OC(COC(=O)CCCCCCC)COC(=O)CCCCCCCCCCCCCCCCCCCCCCCCCCCCCCCCC. The molecule has 0 fully saturated rings. The van der Waals surface area contributed by atoms with E-state index in [9.17, 15) is 14.4 Å². The van der Waals surface area contributed by atoms with Gasteiger partial charge in [0.05, 0.1) is 0 Å². The number of esters is 3. The minimum atomic E-state index is -0.767. The Morgan fingerprint density at radius 1 is 0.253 bits per heavy atom. The largest absolute Gasteiger partial charge is 0.462 e. The van der Waals surface area contributed by atoms with Gasteiger partial charge in [0.25, 0.3) is 0 Å². The van der Waals surface area contributed by atoms with Crippen molar-refractivity contribution in [2.45, 2.75) is 412 Å². The zero-order valence-electron chi connectivity index (χ0n) is 56.0. The summed E-state index contributed by atoms with van der Waals surface area (Å²) < 4.78 is 16.8. The number of ether oxygens (including phenoxy) is 3. The van der Waals surface area contributed by atoms with Gasteiger partial charge in [-0.3, -0.25) is 14.4 Å². The highest BCUT2D eigenvalue weighted by atomic mass is 16.6. The summed E-state index contributed by atoms with van der Waals surface area (Å²) in [7, 11) is 0. The van der Waals surface area contributed by atoms with Crippen LogP contribution in [0.2, 0.25) is 0 Å². The fourth-order valence-corrected chi connectivity index (χ4v) is 11.3. The van der Waals surface area contributed by atoms with Crippen LogP contribution in [0.25, 0.3) is 0 Å². The second kappa shape index (κ2) is 71.8. The summed E-state index contributed by atoms with van der Waals surface area (Å²) in [5.74, 6) is -0.855. The van der Waals surface area contributed by atoms with Crippen molar-refractivity contribution in [2.24, 2.45) is 0 Å². The van der Waals surface area contributed by atoms with Crippen molar-refractivity contribution in [1.82, 2.24) is 0 Å². The molecular formula is C77H142O6. The highest BCUT2D eigenvalue weighted by molar-refractivity contribution is 5.71. The molecule has 0 aliphatic carbocycles. The summed E-state index contributed by atoms with van der Waals surface area (Å²) in [6, 6.07) is 0. The Bertz CT molecular complexity index is 1430. The molecule has 0 aromatic heterocycles. The Labute approximate surface area is 518 Å². The second-order valence-electron chi connectivity index (χ2n) is 25.2. The van der Waals surface area contributed by atoms with Crippen LogP contribution in [0.4, 0.5) is 0 Å². The lowest BCUT2D eigenvalue weighted by Crippen LogP contribution is -2.30. The van der Waals surface area contributed by atoms with Gasteiger partial charge in [0, 0.05) is 19.3 Å². The number of carbonyl (C=O) groups is 3. The Morgan fingerprint density at radius 2 is 0.470 bits per heavy atom. The molecule has 0 saturated carbocycles. The summed E-state index contributed by atoms with van der Waals surface area (Å²) in [6.07, 6.45) is 92.3. The zero-order valence-corrected chi connectivity index (χ0v) is 56.0. The molecule has 0 aromatic rings. The van der Waals surface area contributed by atoms with Gasteiger partial charge in [-0.2, -0.15) is 0 Å². The molecule has 0 aliphatic heterocycles. The molecule has 0 bridgehead atoms. The van der Waals surface area contributed by atoms with Crippen molar-refractivity contribution in [3.05, 3.63) is 48.6 Å². The number of hydrogen-bond acceptors (Lipinski definition) is 6. The summed E-state index contributed by atoms with van der Waals surface area (Å²) >= 11 is 0. The molecule has 83 heavy (non-hydrogen) atoms. The van der Waals surface area contributed by atoms with E-state index in [0.717, 1.165) is 89.9 Å². The molecule has 0 radical (unpaired) electrons. The molecule has 0 aliphatic rings. The van der Waals surface area contributed by atoms with E-state index in [0.29, 0.717) is 19.3 Å². The highest BCUT2D eigenvalue weighted by Crippen LogP contribution is 2.19.